The summed E-state index contributed by atoms with van der Waals surface area (Å²) in [6.07, 6.45) is 0. The van der Waals surface area contributed by atoms with E-state index in [0.29, 0.717) is 25.2 Å². The minimum Gasteiger partial charge on any atom is -0.297 e. The van der Waals surface area contributed by atoms with E-state index < -0.39 is 5.82 Å². The van der Waals surface area contributed by atoms with Crippen LogP contribution in [-0.2, 0) is 16.1 Å². The first-order valence-electron chi connectivity index (χ1n) is 6.45. The Labute approximate surface area is 121 Å². The van der Waals surface area contributed by atoms with E-state index in [4.69, 9.17) is 11.6 Å². The highest BCUT2D eigenvalue weighted by atomic mass is 35.5. The average Bonchev–Trinajstić information content (AvgIpc) is 2.92. The van der Waals surface area contributed by atoms with Gasteiger partial charge in [-0.25, -0.2) is 4.39 Å². The highest BCUT2D eigenvalue weighted by Crippen LogP contribution is 2.33. The Kier molecular flexibility index (Phi) is 3.26. The third-order valence-electron chi connectivity index (χ3n) is 4.12. The average molecular weight is 297 g/mol. The van der Waals surface area contributed by atoms with Crippen LogP contribution in [0.2, 0.25) is 5.02 Å². The number of hydrogen-bond acceptors (Lipinski definition) is 3. The van der Waals surface area contributed by atoms with E-state index in [1.807, 2.05) is 4.90 Å². The zero-order valence-corrected chi connectivity index (χ0v) is 11.7. The van der Waals surface area contributed by atoms with Crippen molar-refractivity contribution in [3.05, 3.63) is 34.6 Å². The molecule has 1 aromatic carbocycles. The van der Waals surface area contributed by atoms with Crippen LogP contribution >= 0.6 is 11.6 Å². The Bertz CT molecular complexity index is 569. The summed E-state index contributed by atoms with van der Waals surface area (Å²) in [4.78, 5) is 26.9. The van der Waals surface area contributed by atoms with E-state index in [9.17, 15) is 14.0 Å². The number of rotatable bonds is 2. The predicted octanol–water partition coefficient (Wildman–Crippen LogP) is 1.53. The Morgan fingerprint density at radius 1 is 1.25 bits per heavy atom. The molecule has 2 atom stereocenters. The van der Waals surface area contributed by atoms with Crippen LogP contribution in [0.1, 0.15) is 5.56 Å². The summed E-state index contributed by atoms with van der Waals surface area (Å²) in [5, 5.41) is 0.0915. The van der Waals surface area contributed by atoms with Crippen LogP contribution in [0.3, 0.4) is 0 Å². The summed E-state index contributed by atoms with van der Waals surface area (Å²) in [5.74, 6) is -1.26. The molecule has 0 spiro atoms. The fourth-order valence-corrected chi connectivity index (χ4v) is 3.23. The van der Waals surface area contributed by atoms with Gasteiger partial charge in [0, 0.05) is 32.2 Å². The topological polar surface area (TPSA) is 40.6 Å². The highest BCUT2D eigenvalue weighted by Gasteiger charge is 2.50. The summed E-state index contributed by atoms with van der Waals surface area (Å²) in [7, 11) is 1.52. The van der Waals surface area contributed by atoms with Crippen molar-refractivity contribution in [3.63, 3.8) is 0 Å². The Morgan fingerprint density at radius 2 is 1.85 bits per heavy atom. The number of likely N-dealkylation sites (tertiary alicyclic amines) is 2. The number of carbonyl (C=O) groups is 2. The lowest BCUT2D eigenvalue weighted by molar-refractivity contribution is -0.138. The van der Waals surface area contributed by atoms with Gasteiger partial charge < -0.3 is 0 Å². The first-order valence-corrected chi connectivity index (χ1v) is 6.83. The van der Waals surface area contributed by atoms with Crippen LogP contribution in [0.15, 0.2) is 18.2 Å². The fourth-order valence-electron chi connectivity index (χ4n) is 3.03. The van der Waals surface area contributed by atoms with Crippen molar-refractivity contribution in [1.82, 2.24) is 9.80 Å². The van der Waals surface area contributed by atoms with Crippen LogP contribution < -0.4 is 0 Å². The number of imide groups is 1. The van der Waals surface area contributed by atoms with Gasteiger partial charge in [0.05, 0.1) is 16.9 Å². The second-order valence-corrected chi connectivity index (χ2v) is 5.76. The van der Waals surface area contributed by atoms with Crippen molar-refractivity contribution in [2.24, 2.45) is 11.8 Å². The van der Waals surface area contributed by atoms with Crippen LogP contribution in [0, 0.1) is 17.7 Å². The van der Waals surface area contributed by atoms with Gasteiger partial charge >= 0.3 is 0 Å². The molecule has 6 heteroatoms. The summed E-state index contributed by atoms with van der Waals surface area (Å²) >= 11 is 5.75. The summed E-state index contributed by atoms with van der Waals surface area (Å²) < 4.78 is 13.9. The molecular formula is C14H14ClFN2O2. The van der Waals surface area contributed by atoms with Gasteiger partial charge in [0.25, 0.3) is 0 Å². The molecule has 4 nitrogen and oxygen atoms in total. The fraction of sp³-hybridized carbons (Fsp3) is 0.429. The van der Waals surface area contributed by atoms with Gasteiger partial charge in [-0.1, -0.05) is 23.7 Å². The smallest absolute Gasteiger partial charge is 0.234 e. The zero-order valence-electron chi connectivity index (χ0n) is 11.0. The maximum absolute atomic E-state index is 13.9. The van der Waals surface area contributed by atoms with Gasteiger partial charge in [-0.15, -0.1) is 0 Å². The van der Waals surface area contributed by atoms with Crippen molar-refractivity contribution in [2.45, 2.75) is 6.54 Å². The molecule has 2 fully saturated rings. The second-order valence-electron chi connectivity index (χ2n) is 5.36. The molecule has 20 heavy (non-hydrogen) atoms. The molecule has 2 amide bonds. The number of benzene rings is 1. The van der Waals surface area contributed by atoms with E-state index in [2.05, 4.69) is 0 Å². The molecule has 106 valence electrons. The number of nitrogens with zero attached hydrogens (tertiary/aromatic N) is 2. The third-order valence-corrected chi connectivity index (χ3v) is 4.41. The number of halogens is 2. The van der Waals surface area contributed by atoms with Crippen LogP contribution in [0.25, 0.3) is 0 Å². The summed E-state index contributed by atoms with van der Waals surface area (Å²) in [5.41, 5.74) is 0.491. The number of fused-ring (bicyclic) bond motifs is 1. The SMILES string of the molecule is CN1C(=O)[C@H]2CN(Cc3cccc(Cl)c3F)C[C@H]2C1=O. The van der Waals surface area contributed by atoms with Gasteiger partial charge in [-0.05, 0) is 6.07 Å². The largest absolute Gasteiger partial charge is 0.297 e. The summed E-state index contributed by atoms with van der Waals surface area (Å²) in [6.45, 7) is 1.35. The zero-order chi connectivity index (χ0) is 14.4. The maximum atomic E-state index is 13.9. The van der Waals surface area contributed by atoms with E-state index >= 15 is 0 Å². The Hall–Kier alpha value is -1.46. The molecule has 0 unspecified atom stereocenters. The summed E-state index contributed by atoms with van der Waals surface area (Å²) in [6, 6.07) is 4.87. The lowest BCUT2D eigenvalue weighted by Gasteiger charge is -2.18. The normalized spacial score (nSPS) is 26.4. The molecule has 0 radical (unpaired) electrons. The standard InChI is InChI=1S/C14H14ClFN2O2/c1-17-13(19)9-6-18(7-10(9)14(17)20)5-8-3-2-4-11(15)12(8)16/h2-4,9-10H,5-7H2,1H3/t9-,10+. The molecule has 0 aromatic heterocycles. The molecular weight excluding hydrogens is 283 g/mol. The maximum Gasteiger partial charge on any atom is 0.234 e. The van der Waals surface area contributed by atoms with E-state index in [0.717, 1.165) is 0 Å². The van der Waals surface area contributed by atoms with E-state index in [1.54, 1.807) is 12.1 Å². The van der Waals surface area contributed by atoms with E-state index in [1.165, 1.54) is 18.0 Å². The highest BCUT2D eigenvalue weighted by molar-refractivity contribution is 6.30. The third kappa shape index (κ3) is 2.01. The van der Waals surface area contributed by atoms with Crippen molar-refractivity contribution in [2.75, 3.05) is 20.1 Å². The molecule has 2 saturated heterocycles. The number of amides is 2. The molecule has 0 aliphatic carbocycles. The molecule has 0 N–H and O–H groups in total. The van der Waals surface area contributed by atoms with Gasteiger partial charge in [-0.3, -0.25) is 19.4 Å². The van der Waals surface area contributed by atoms with Gasteiger partial charge in [0.1, 0.15) is 5.82 Å². The monoisotopic (exact) mass is 296 g/mol. The van der Waals surface area contributed by atoms with E-state index in [-0.39, 0.29) is 28.7 Å². The van der Waals surface area contributed by atoms with Gasteiger partial charge in [0.15, 0.2) is 0 Å². The number of hydrogen-bond donors (Lipinski definition) is 0. The second kappa shape index (κ2) is 4.82. The first kappa shape index (κ1) is 13.5. The van der Waals surface area contributed by atoms with Crippen molar-refractivity contribution < 1.29 is 14.0 Å². The molecule has 2 aliphatic rings. The van der Waals surface area contributed by atoms with Crippen LogP contribution in [0.4, 0.5) is 4.39 Å². The van der Waals surface area contributed by atoms with Crippen LogP contribution in [-0.4, -0.2) is 41.8 Å². The lowest BCUT2D eigenvalue weighted by atomic mass is 10.00. The molecule has 2 heterocycles. The van der Waals surface area contributed by atoms with Crippen LogP contribution in [0.5, 0.6) is 0 Å². The minimum atomic E-state index is -0.430. The molecule has 3 rings (SSSR count). The molecule has 0 saturated carbocycles. The van der Waals surface area contributed by atoms with Gasteiger partial charge in [-0.2, -0.15) is 0 Å². The first-order chi connectivity index (χ1) is 9.49. The number of carbonyl (C=O) groups excluding carboxylic acids is 2. The molecule has 1 aromatic rings. The lowest BCUT2D eigenvalue weighted by Crippen LogP contribution is -2.33. The van der Waals surface area contributed by atoms with Crippen molar-refractivity contribution in [1.29, 1.82) is 0 Å². The molecule has 2 aliphatic heterocycles. The van der Waals surface area contributed by atoms with Crippen molar-refractivity contribution >= 4 is 23.4 Å². The minimum absolute atomic E-state index is 0.0915. The quantitative estimate of drug-likeness (QED) is 0.777. The Morgan fingerprint density at radius 3 is 2.45 bits per heavy atom. The van der Waals surface area contributed by atoms with Gasteiger partial charge in [0.2, 0.25) is 11.8 Å². The van der Waals surface area contributed by atoms with Crippen molar-refractivity contribution in [3.8, 4) is 0 Å². The predicted molar refractivity (Wildman–Crippen MR) is 71.4 cm³/mol. The molecule has 0 bridgehead atoms. The Balaban J connectivity index is 1.75.